The van der Waals surface area contributed by atoms with E-state index in [1.165, 1.54) is 18.2 Å². The molecule has 3 heterocycles. The fourth-order valence-electron chi connectivity index (χ4n) is 9.93. The third-order valence-electron chi connectivity index (χ3n) is 13.0. The average molecular weight is 1040 g/mol. The fraction of sp³-hybridized carbons (Fsp3) is 0.362. The minimum atomic E-state index is -4.90. The number of rotatable bonds is 18. The SMILES string of the molecule is CC[N+]1=C(/C=C/C=C/C=C/CC2N(CCCCCC(=O)ON3C(=O)CCC3=O)c3ccc4c(OS(=O)O)cc(S(=O)(=O)O)cc4c3C2(C)C)C(C)(C)c2c1ccc1c(S(=O)(=O)O)cc(S(=O)(=O)O)cc21. The lowest BCUT2D eigenvalue weighted by atomic mass is 9.77. The molecule has 2 unspecified atom stereocenters. The van der Waals surface area contributed by atoms with Crippen molar-refractivity contribution in [3.63, 3.8) is 0 Å². The van der Waals surface area contributed by atoms with Gasteiger partial charge in [-0.2, -0.15) is 34.0 Å². The number of hydrogen-bond acceptors (Lipinski definition) is 13. The maximum atomic E-state index is 12.5. The van der Waals surface area contributed by atoms with Gasteiger partial charge in [0.15, 0.2) is 11.5 Å². The van der Waals surface area contributed by atoms with Crippen molar-refractivity contribution < 1.29 is 75.7 Å². The monoisotopic (exact) mass is 1040 g/mol. The van der Waals surface area contributed by atoms with Crippen LogP contribution in [0.15, 0.2) is 99.7 Å². The zero-order valence-electron chi connectivity index (χ0n) is 38.7. The van der Waals surface area contributed by atoms with Crippen molar-refractivity contribution in [1.82, 2.24) is 5.06 Å². The van der Waals surface area contributed by atoms with Gasteiger partial charge in [0.25, 0.3) is 42.2 Å². The van der Waals surface area contributed by atoms with E-state index in [2.05, 4.69) is 4.90 Å². The molecule has 374 valence electrons. The van der Waals surface area contributed by atoms with Crippen LogP contribution in [0, 0.1) is 0 Å². The molecule has 70 heavy (non-hydrogen) atoms. The molecule has 1 fully saturated rings. The van der Waals surface area contributed by atoms with E-state index in [9.17, 15) is 62.1 Å². The van der Waals surface area contributed by atoms with Crippen molar-refractivity contribution in [2.75, 3.05) is 18.0 Å². The molecule has 4 aromatic rings. The Hall–Kier alpha value is -5.66. The predicted molar refractivity (Wildman–Crippen MR) is 259 cm³/mol. The number of imide groups is 1. The number of allylic oxidation sites excluding steroid dienone is 5. The lowest BCUT2D eigenvalue weighted by Crippen LogP contribution is -2.41. The second-order valence-corrected chi connectivity index (χ2v) is 23.0. The Morgan fingerprint density at radius 2 is 1.40 bits per heavy atom. The van der Waals surface area contributed by atoms with Gasteiger partial charge in [0.2, 0.25) is 5.69 Å². The van der Waals surface area contributed by atoms with Gasteiger partial charge >= 0.3 is 17.3 Å². The summed E-state index contributed by atoms with van der Waals surface area (Å²) in [5, 5.41) is 1.55. The second-order valence-electron chi connectivity index (χ2n) is 18.1. The smallest absolute Gasteiger partial charge is 0.357 e. The zero-order chi connectivity index (χ0) is 51.3. The quantitative estimate of drug-likeness (QED) is 0.0194. The van der Waals surface area contributed by atoms with Crippen LogP contribution in [0.3, 0.4) is 0 Å². The lowest BCUT2D eigenvalue weighted by Gasteiger charge is -2.34. The molecular weight excluding hydrogens is 991 g/mol. The third kappa shape index (κ3) is 10.2. The number of hydroxylamine groups is 2. The standard InChI is InChI=1S/C47H51N3O16S4/c1-6-48-35-21-19-32-34(26-30(69(59,60)61)28-38(32)70(62,63)64)45(35)46(2,3)39(48)15-11-8-7-9-12-16-40-47(4,5)44-33-25-29(68(56,57)58)27-37(66-67(54)55)31(33)18-20-36(44)49(40)24-14-10-13-17-43(53)65-50-41(51)22-23-42(50)52/h7-9,11-12,15,18-21,25-28,40H,6,10,13-14,16-17,22-24H2,1-5H3,(H3-,54,55,56,57,58,59,60,61,62,63,64)/p+1/b8-7+,12-9+,15-11+. The van der Waals surface area contributed by atoms with E-state index in [0.717, 1.165) is 23.5 Å². The number of nitrogens with zero attached hydrogens (tertiary/aromatic N) is 3. The van der Waals surface area contributed by atoms with Gasteiger partial charge in [-0.1, -0.05) is 50.6 Å². The molecule has 1 saturated heterocycles. The van der Waals surface area contributed by atoms with Gasteiger partial charge < -0.3 is 13.9 Å². The molecule has 3 aliphatic rings. The van der Waals surface area contributed by atoms with E-state index in [-0.39, 0.29) is 41.8 Å². The molecule has 0 radical (unpaired) electrons. The normalized spacial score (nSPS) is 18.6. The van der Waals surface area contributed by atoms with Crippen LogP contribution in [-0.4, -0.2) is 99.9 Å². The number of carbonyl (C=O) groups excluding carboxylic acids is 3. The van der Waals surface area contributed by atoms with Gasteiger partial charge in [0, 0.05) is 77.5 Å². The molecular formula is C47H52N3O16S4+. The summed E-state index contributed by atoms with van der Waals surface area (Å²) < 4.78 is 133. The Morgan fingerprint density at radius 3 is 2.01 bits per heavy atom. The minimum Gasteiger partial charge on any atom is -0.379 e. The van der Waals surface area contributed by atoms with E-state index in [1.807, 2.05) is 81.7 Å². The molecule has 4 aromatic carbocycles. The number of benzene rings is 4. The molecule has 7 rings (SSSR count). The van der Waals surface area contributed by atoms with Crippen LogP contribution in [0.4, 0.5) is 11.4 Å². The van der Waals surface area contributed by atoms with Crippen molar-refractivity contribution in [2.45, 2.75) is 111 Å². The van der Waals surface area contributed by atoms with Gasteiger partial charge in [-0.05, 0) is 92.8 Å². The Morgan fingerprint density at radius 1 is 0.786 bits per heavy atom. The van der Waals surface area contributed by atoms with E-state index in [1.54, 1.807) is 12.1 Å². The molecule has 0 aliphatic carbocycles. The molecule has 2 atom stereocenters. The highest BCUT2D eigenvalue weighted by molar-refractivity contribution is 7.87. The highest BCUT2D eigenvalue weighted by Crippen LogP contribution is 2.52. The summed E-state index contributed by atoms with van der Waals surface area (Å²) >= 11 is -2.82. The summed E-state index contributed by atoms with van der Waals surface area (Å²) in [7, 11) is -14.6. The van der Waals surface area contributed by atoms with Gasteiger partial charge in [0.05, 0.1) is 15.2 Å². The zero-order valence-corrected chi connectivity index (χ0v) is 42.0. The van der Waals surface area contributed by atoms with E-state index in [0.29, 0.717) is 71.4 Å². The Kier molecular flexibility index (Phi) is 14.5. The van der Waals surface area contributed by atoms with Gasteiger partial charge in [0.1, 0.15) is 11.4 Å². The average Bonchev–Trinajstić information content (AvgIpc) is 3.78. The first kappa shape index (κ1) is 52.2. The molecule has 4 N–H and O–H groups in total. The molecule has 0 saturated carbocycles. The van der Waals surface area contributed by atoms with Crippen LogP contribution in [0.25, 0.3) is 21.5 Å². The Bertz CT molecular complexity index is 3340. The summed E-state index contributed by atoms with van der Waals surface area (Å²) in [4.78, 5) is 41.6. The number of amides is 2. The Balaban J connectivity index is 1.14. The summed E-state index contributed by atoms with van der Waals surface area (Å²) in [6, 6.07) is 10.6. The van der Waals surface area contributed by atoms with E-state index < -0.39 is 85.0 Å². The molecule has 0 bridgehead atoms. The van der Waals surface area contributed by atoms with Crippen molar-refractivity contribution in [3.8, 4) is 5.75 Å². The van der Waals surface area contributed by atoms with Crippen LogP contribution in [0.2, 0.25) is 0 Å². The molecule has 0 spiro atoms. The predicted octanol–water partition coefficient (Wildman–Crippen LogP) is 7.04. The highest BCUT2D eigenvalue weighted by Gasteiger charge is 2.47. The molecule has 0 aromatic heterocycles. The number of fused-ring (bicyclic) bond motifs is 6. The van der Waals surface area contributed by atoms with E-state index >= 15 is 0 Å². The largest absolute Gasteiger partial charge is 0.379 e. The van der Waals surface area contributed by atoms with E-state index in [4.69, 9.17) is 9.02 Å². The van der Waals surface area contributed by atoms with Crippen molar-refractivity contribution in [1.29, 1.82) is 0 Å². The van der Waals surface area contributed by atoms with Crippen LogP contribution in [0.1, 0.15) is 90.7 Å². The first-order valence-electron chi connectivity index (χ1n) is 22.1. The number of carbonyl (C=O) groups is 3. The molecule has 23 heteroatoms. The van der Waals surface area contributed by atoms with Crippen LogP contribution in [-0.2, 0) is 71.8 Å². The molecule has 2 amide bonds. The van der Waals surface area contributed by atoms with Gasteiger partial charge in [-0.25, -0.2) is 4.79 Å². The van der Waals surface area contributed by atoms with Crippen LogP contribution < -0.4 is 9.08 Å². The Labute approximate surface area is 407 Å². The second kappa shape index (κ2) is 19.5. The number of unbranched alkanes of at least 4 members (excludes halogenated alkanes) is 2. The highest BCUT2D eigenvalue weighted by atomic mass is 32.2. The lowest BCUT2D eigenvalue weighted by molar-refractivity contribution is -0.433. The van der Waals surface area contributed by atoms with Crippen molar-refractivity contribution in [3.05, 3.63) is 96.1 Å². The summed E-state index contributed by atoms with van der Waals surface area (Å²) in [6.07, 6.45) is 13.1. The van der Waals surface area contributed by atoms with Crippen molar-refractivity contribution >= 4 is 98.1 Å². The topological polar surface area (TPSA) is 280 Å². The maximum absolute atomic E-state index is 12.5. The first-order valence-corrected chi connectivity index (χ1v) is 27.4. The minimum absolute atomic E-state index is 0.0172. The number of anilines is 1. The first-order chi connectivity index (χ1) is 32.7. The summed E-state index contributed by atoms with van der Waals surface area (Å²) in [5.74, 6) is -2.06. The van der Waals surface area contributed by atoms with Crippen LogP contribution >= 0.6 is 0 Å². The van der Waals surface area contributed by atoms with Gasteiger partial charge in [-0.15, -0.1) is 5.06 Å². The fourth-order valence-corrected chi connectivity index (χ4v) is 12.1. The summed E-state index contributed by atoms with van der Waals surface area (Å²) in [5.41, 5.74) is 2.00. The number of hydrogen-bond donors (Lipinski definition) is 4. The maximum Gasteiger partial charge on any atom is 0.357 e. The summed E-state index contributed by atoms with van der Waals surface area (Å²) in [6.45, 7) is 10.7. The van der Waals surface area contributed by atoms with Crippen LogP contribution in [0.5, 0.6) is 5.75 Å². The van der Waals surface area contributed by atoms with Crippen molar-refractivity contribution in [2.24, 2.45) is 0 Å². The molecule has 19 nitrogen and oxygen atoms in total. The third-order valence-corrected chi connectivity index (χ3v) is 15.9. The van der Waals surface area contributed by atoms with Gasteiger partial charge in [-0.3, -0.25) is 27.8 Å². The molecule has 3 aliphatic heterocycles.